The van der Waals surface area contributed by atoms with E-state index in [1.165, 1.54) is 37.2 Å². The molecule has 0 bridgehead atoms. The highest BCUT2D eigenvalue weighted by molar-refractivity contribution is 5.16. The number of allylic oxidation sites excluding steroid dienone is 1. The molecule has 1 aromatic carbocycles. The highest BCUT2D eigenvalue weighted by Crippen LogP contribution is 2.17. The second kappa shape index (κ2) is 5.01. The predicted molar refractivity (Wildman–Crippen MR) is 64.7 cm³/mol. The molecule has 0 atom stereocenters. The number of aryl methyl sites for hydroxylation is 1. The Bertz CT molecular complexity index is 309. The van der Waals surface area contributed by atoms with E-state index in [1.807, 2.05) is 0 Å². The van der Waals surface area contributed by atoms with Gasteiger partial charge in [-0.15, -0.1) is 0 Å². The first-order valence-corrected chi connectivity index (χ1v) is 5.83. The zero-order valence-corrected chi connectivity index (χ0v) is 9.28. The van der Waals surface area contributed by atoms with E-state index < -0.39 is 0 Å². The predicted octanol–water partition coefficient (Wildman–Crippen LogP) is 3.23. The smallest absolute Gasteiger partial charge is 0.0175 e. The van der Waals surface area contributed by atoms with Gasteiger partial charge in [0.2, 0.25) is 0 Å². The molecule has 0 unspecified atom stereocenters. The van der Waals surface area contributed by atoms with Gasteiger partial charge >= 0.3 is 0 Å². The zero-order chi connectivity index (χ0) is 10.5. The maximum atomic E-state index is 4.18. The van der Waals surface area contributed by atoms with Crippen LogP contribution in [0.3, 0.4) is 0 Å². The number of likely N-dealkylation sites (tertiary alicyclic amines) is 1. The van der Waals surface area contributed by atoms with E-state index in [1.54, 1.807) is 0 Å². The SMILES string of the molecule is C=C(CCc1ccccc1)N1CCCC1. The number of hydrogen-bond acceptors (Lipinski definition) is 1. The van der Waals surface area contributed by atoms with Crippen molar-refractivity contribution in [2.24, 2.45) is 0 Å². The summed E-state index contributed by atoms with van der Waals surface area (Å²) in [6.07, 6.45) is 4.90. The second-order valence-electron chi connectivity index (χ2n) is 4.25. The molecule has 1 aliphatic heterocycles. The zero-order valence-electron chi connectivity index (χ0n) is 9.28. The Kier molecular flexibility index (Phi) is 3.44. The number of hydrogen-bond donors (Lipinski definition) is 0. The van der Waals surface area contributed by atoms with Crippen molar-refractivity contribution < 1.29 is 0 Å². The lowest BCUT2D eigenvalue weighted by Gasteiger charge is -2.20. The van der Waals surface area contributed by atoms with Crippen LogP contribution < -0.4 is 0 Å². The van der Waals surface area contributed by atoms with E-state index in [0.29, 0.717) is 0 Å². The first-order chi connectivity index (χ1) is 7.36. The van der Waals surface area contributed by atoms with E-state index in [4.69, 9.17) is 0 Å². The molecule has 0 aromatic heterocycles. The van der Waals surface area contributed by atoms with Crippen LogP contribution >= 0.6 is 0 Å². The maximum Gasteiger partial charge on any atom is 0.0175 e. The molecule has 1 aliphatic rings. The lowest BCUT2D eigenvalue weighted by atomic mass is 10.1. The molecule has 0 aliphatic carbocycles. The number of rotatable bonds is 4. The fourth-order valence-electron chi connectivity index (χ4n) is 2.12. The van der Waals surface area contributed by atoms with Crippen LogP contribution in [0, 0.1) is 0 Å². The molecule has 0 radical (unpaired) electrons. The summed E-state index contributed by atoms with van der Waals surface area (Å²) in [5.74, 6) is 0. The minimum atomic E-state index is 1.10. The van der Waals surface area contributed by atoms with Gasteiger partial charge in [-0.25, -0.2) is 0 Å². The van der Waals surface area contributed by atoms with Crippen LogP contribution in [0.2, 0.25) is 0 Å². The van der Waals surface area contributed by atoms with Crippen molar-refractivity contribution >= 4 is 0 Å². The van der Waals surface area contributed by atoms with Crippen LogP contribution in [-0.2, 0) is 6.42 Å². The molecule has 0 saturated carbocycles. The van der Waals surface area contributed by atoms with Crippen molar-refractivity contribution in [2.75, 3.05) is 13.1 Å². The van der Waals surface area contributed by atoms with Gasteiger partial charge in [-0.2, -0.15) is 0 Å². The Hall–Kier alpha value is -1.24. The first-order valence-electron chi connectivity index (χ1n) is 5.83. The van der Waals surface area contributed by atoms with Gasteiger partial charge < -0.3 is 4.90 Å². The van der Waals surface area contributed by atoms with Crippen LogP contribution in [0.4, 0.5) is 0 Å². The summed E-state index contributed by atoms with van der Waals surface area (Å²) < 4.78 is 0. The summed E-state index contributed by atoms with van der Waals surface area (Å²) in [6.45, 7) is 6.61. The molecule has 2 rings (SSSR count). The Morgan fingerprint density at radius 2 is 1.80 bits per heavy atom. The van der Waals surface area contributed by atoms with E-state index in [9.17, 15) is 0 Å². The highest BCUT2D eigenvalue weighted by Gasteiger charge is 2.12. The van der Waals surface area contributed by atoms with Gasteiger partial charge in [0.15, 0.2) is 0 Å². The minimum absolute atomic E-state index is 1.10. The third kappa shape index (κ3) is 2.85. The molecule has 0 N–H and O–H groups in total. The fourth-order valence-corrected chi connectivity index (χ4v) is 2.12. The van der Waals surface area contributed by atoms with Crippen molar-refractivity contribution in [2.45, 2.75) is 25.7 Å². The fraction of sp³-hybridized carbons (Fsp3) is 0.429. The quantitative estimate of drug-likeness (QED) is 0.723. The molecule has 0 spiro atoms. The third-order valence-electron chi connectivity index (χ3n) is 3.10. The van der Waals surface area contributed by atoms with Gasteiger partial charge in [-0.05, 0) is 31.2 Å². The van der Waals surface area contributed by atoms with Gasteiger partial charge in [-0.1, -0.05) is 36.9 Å². The largest absolute Gasteiger partial charge is 0.375 e. The molecule has 80 valence electrons. The Balaban J connectivity index is 1.80. The van der Waals surface area contributed by atoms with Gasteiger partial charge in [0.25, 0.3) is 0 Å². The van der Waals surface area contributed by atoms with Crippen molar-refractivity contribution in [3.8, 4) is 0 Å². The van der Waals surface area contributed by atoms with Crippen molar-refractivity contribution in [3.05, 3.63) is 48.2 Å². The Morgan fingerprint density at radius 1 is 1.13 bits per heavy atom. The van der Waals surface area contributed by atoms with Crippen LogP contribution in [0.15, 0.2) is 42.6 Å². The molecule has 1 heteroatoms. The monoisotopic (exact) mass is 201 g/mol. The normalized spacial score (nSPS) is 15.6. The molecule has 1 saturated heterocycles. The van der Waals surface area contributed by atoms with Crippen LogP contribution in [0.5, 0.6) is 0 Å². The molecule has 1 fully saturated rings. The molecule has 1 aromatic rings. The summed E-state index contributed by atoms with van der Waals surface area (Å²) in [5, 5.41) is 0. The number of nitrogens with zero attached hydrogens (tertiary/aromatic N) is 1. The maximum absolute atomic E-state index is 4.18. The molecular formula is C14H19N. The van der Waals surface area contributed by atoms with Crippen molar-refractivity contribution in [1.82, 2.24) is 4.90 Å². The van der Waals surface area contributed by atoms with Crippen molar-refractivity contribution in [1.29, 1.82) is 0 Å². The van der Waals surface area contributed by atoms with E-state index in [0.717, 1.165) is 12.8 Å². The van der Waals surface area contributed by atoms with Crippen LogP contribution in [-0.4, -0.2) is 18.0 Å². The molecular weight excluding hydrogens is 182 g/mol. The molecule has 0 amide bonds. The number of benzene rings is 1. The van der Waals surface area contributed by atoms with Gasteiger partial charge in [0, 0.05) is 18.8 Å². The molecule has 1 nitrogen and oxygen atoms in total. The van der Waals surface area contributed by atoms with E-state index in [2.05, 4.69) is 41.8 Å². The Labute approximate surface area is 92.4 Å². The van der Waals surface area contributed by atoms with E-state index in [-0.39, 0.29) is 0 Å². The van der Waals surface area contributed by atoms with E-state index >= 15 is 0 Å². The minimum Gasteiger partial charge on any atom is -0.375 e. The lowest BCUT2D eigenvalue weighted by molar-refractivity contribution is 0.411. The van der Waals surface area contributed by atoms with Crippen LogP contribution in [0.25, 0.3) is 0 Å². The summed E-state index contributed by atoms with van der Waals surface area (Å²) >= 11 is 0. The highest BCUT2D eigenvalue weighted by atomic mass is 15.1. The average molecular weight is 201 g/mol. The third-order valence-corrected chi connectivity index (χ3v) is 3.10. The van der Waals surface area contributed by atoms with Gasteiger partial charge in [0.05, 0.1) is 0 Å². The van der Waals surface area contributed by atoms with Gasteiger partial charge in [-0.3, -0.25) is 0 Å². The lowest BCUT2D eigenvalue weighted by Crippen LogP contribution is -2.17. The van der Waals surface area contributed by atoms with Crippen LogP contribution in [0.1, 0.15) is 24.8 Å². The average Bonchev–Trinajstić information content (AvgIpc) is 2.81. The molecule has 15 heavy (non-hydrogen) atoms. The second-order valence-corrected chi connectivity index (χ2v) is 4.25. The summed E-state index contributed by atoms with van der Waals surface area (Å²) in [5.41, 5.74) is 2.73. The summed E-state index contributed by atoms with van der Waals surface area (Å²) in [6, 6.07) is 10.7. The standard InChI is InChI=1S/C14H19N/c1-13(15-11-5-6-12-15)9-10-14-7-3-2-4-8-14/h2-4,7-8H,1,5-6,9-12H2. The summed E-state index contributed by atoms with van der Waals surface area (Å²) in [4.78, 5) is 2.43. The topological polar surface area (TPSA) is 3.24 Å². The molecule has 1 heterocycles. The first kappa shape index (κ1) is 10.3. The summed E-state index contributed by atoms with van der Waals surface area (Å²) in [7, 11) is 0. The van der Waals surface area contributed by atoms with Gasteiger partial charge in [0.1, 0.15) is 0 Å². The Morgan fingerprint density at radius 3 is 2.47 bits per heavy atom. The van der Waals surface area contributed by atoms with Crippen molar-refractivity contribution in [3.63, 3.8) is 0 Å².